The largest absolute Gasteiger partial charge is 0.402 e. The highest BCUT2D eigenvalue weighted by atomic mass is 35.5. The highest BCUT2D eigenvalue weighted by Crippen LogP contribution is 2.23. The minimum Gasteiger partial charge on any atom is -0.402 e. The first-order valence-corrected chi connectivity index (χ1v) is 7.79. The van der Waals surface area contributed by atoms with Crippen LogP contribution < -0.4 is 11.1 Å². The molecule has 126 valence electrons. The van der Waals surface area contributed by atoms with Gasteiger partial charge >= 0.3 is 0 Å². The van der Waals surface area contributed by atoms with Crippen molar-refractivity contribution in [2.24, 2.45) is 10.7 Å². The summed E-state index contributed by atoms with van der Waals surface area (Å²) in [6.45, 7) is 1.70. The van der Waals surface area contributed by atoms with E-state index in [9.17, 15) is 4.79 Å². The van der Waals surface area contributed by atoms with Crippen LogP contribution >= 0.6 is 11.6 Å². The zero-order chi connectivity index (χ0) is 17.8. The summed E-state index contributed by atoms with van der Waals surface area (Å²) >= 11 is 6.12. The van der Waals surface area contributed by atoms with Crippen LogP contribution in [0.15, 0.2) is 65.7 Å². The van der Waals surface area contributed by atoms with E-state index in [0.717, 1.165) is 0 Å². The number of amides is 1. The van der Waals surface area contributed by atoms with E-state index in [2.05, 4.69) is 20.4 Å². The number of nitrogens with one attached hydrogen (secondary N) is 1. The number of fused-ring (bicyclic) bond motifs is 1. The Morgan fingerprint density at radius 3 is 2.92 bits per heavy atom. The molecule has 0 unspecified atom stereocenters. The third kappa shape index (κ3) is 3.84. The molecule has 8 heteroatoms. The number of para-hydroxylation sites is 1. The monoisotopic (exact) mass is 354 g/mol. The van der Waals surface area contributed by atoms with Gasteiger partial charge in [0.2, 0.25) is 0 Å². The molecule has 2 aromatic heterocycles. The first-order valence-electron chi connectivity index (χ1n) is 7.41. The average Bonchev–Trinajstić information content (AvgIpc) is 3.00. The summed E-state index contributed by atoms with van der Waals surface area (Å²) in [4.78, 5) is 21.1. The molecule has 0 atom stereocenters. The topological polar surface area (TPSA) is 97.7 Å². The number of carbonyl (C=O) groups is 1. The maximum atomic E-state index is 12.6. The smallest absolute Gasteiger partial charge is 0.262 e. The Morgan fingerprint density at radius 1 is 1.36 bits per heavy atom. The number of hydrogen-bond donors (Lipinski definition) is 2. The molecule has 0 aliphatic heterocycles. The molecule has 0 saturated heterocycles. The number of halogens is 1. The van der Waals surface area contributed by atoms with Crippen molar-refractivity contribution in [3.05, 3.63) is 71.3 Å². The van der Waals surface area contributed by atoms with E-state index in [4.69, 9.17) is 17.3 Å². The molecule has 0 radical (unpaired) electrons. The molecule has 1 aromatic carbocycles. The maximum absolute atomic E-state index is 12.6. The van der Waals surface area contributed by atoms with Gasteiger partial charge in [-0.25, -0.2) is 14.5 Å². The van der Waals surface area contributed by atoms with Gasteiger partial charge in [-0.3, -0.25) is 4.79 Å². The van der Waals surface area contributed by atoms with Crippen LogP contribution in [-0.2, 0) is 0 Å². The lowest BCUT2D eigenvalue weighted by molar-refractivity contribution is 0.0978. The lowest BCUT2D eigenvalue weighted by Gasteiger charge is -2.06. The van der Waals surface area contributed by atoms with Gasteiger partial charge < -0.3 is 11.1 Å². The van der Waals surface area contributed by atoms with Crippen molar-refractivity contribution in [2.45, 2.75) is 6.92 Å². The molecule has 0 aliphatic rings. The molecule has 0 bridgehead atoms. The molecule has 1 amide bonds. The molecule has 3 aromatic rings. The van der Waals surface area contributed by atoms with Crippen molar-refractivity contribution in [2.75, 3.05) is 0 Å². The summed E-state index contributed by atoms with van der Waals surface area (Å²) in [5.41, 5.74) is 7.53. The van der Waals surface area contributed by atoms with E-state index >= 15 is 0 Å². The predicted octanol–water partition coefficient (Wildman–Crippen LogP) is 2.71. The van der Waals surface area contributed by atoms with E-state index in [1.54, 1.807) is 55.7 Å². The van der Waals surface area contributed by atoms with E-state index < -0.39 is 5.91 Å². The molecule has 3 N–H and O–H groups in total. The number of hydrogen-bond acceptors (Lipinski definition) is 5. The Kier molecular flexibility index (Phi) is 4.76. The fourth-order valence-electron chi connectivity index (χ4n) is 2.16. The fourth-order valence-corrected chi connectivity index (χ4v) is 2.33. The van der Waals surface area contributed by atoms with Gasteiger partial charge in [0.1, 0.15) is 11.4 Å². The number of carbonyl (C=O) groups excluding carboxylic acids is 1. The molecule has 0 aliphatic carbocycles. The van der Waals surface area contributed by atoms with Crippen LogP contribution in [0, 0.1) is 0 Å². The fraction of sp³-hybridized carbons (Fsp3) is 0.0588. The van der Waals surface area contributed by atoms with E-state index in [1.807, 2.05) is 0 Å². The molecular formula is C17H15ClN6O. The summed E-state index contributed by atoms with van der Waals surface area (Å²) in [5.74, 6) is -0.120. The highest BCUT2D eigenvalue weighted by Gasteiger charge is 2.15. The number of nitrogens with two attached hydrogens (primary N) is 1. The lowest BCUT2D eigenvalue weighted by Crippen LogP contribution is -2.29. The normalized spacial score (nSPS) is 12.4. The third-order valence-electron chi connectivity index (χ3n) is 3.22. The van der Waals surface area contributed by atoms with Crippen molar-refractivity contribution < 1.29 is 4.79 Å². The molecule has 7 nitrogen and oxygen atoms in total. The molecule has 25 heavy (non-hydrogen) atoms. The number of aromatic nitrogens is 3. The van der Waals surface area contributed by atoms with Crippen molar-refractivity contribution in [1.82, 2.24) is 19.9 Å². The standard InChI is InChI=1S/C17H15ClN6O/c1-11(19)9-15(22-14-6-3-2-5-13(14)18)23-17(25)12-10-21-24-8-4-7-20-16(12)24/h2-10H,19H2,1H3,(H,22,23,25). The molecule has 0 saturated carbocycles. The third-order valence-corrected chi connectivity index (χ3v) is 3.54. The van der Waals surface area contributed by atoms with Crippen LogP contribution in [0.5, 0.6) is 0 Å². The SMILES string of the molecule is CC(N)=CC(=Nc1ccccc1Cl)NC(=O)c1cnn2cccnc12. The van der Waals surface area contributed by atoms with Crippen LogP contribution in [0.3, 0.4) is 0 Å². The van der Waals surface area contributed by atoms with Crippen LogP contribution in [-0.4, -0.2) is 26.3 Å². The van der Waals surface area contributed by atoms with Gasteiger partial charge in [-0.15, -0.1) is 0 Å². The van der Waals surface area contributed by atoms with Gasteiger partial charge in [0.25, 0.3) is 5.91 Å². The summed E-state index contributed by atoms with van der Waals surface area (Å²) < 4.78 is 1.52. The molecule has 3 rings (SSSR count). The number of aliphatic imine (C=N–C) groups is 1. The van der Waals surface area contributed by atoms with Gasteiger partial charge in [0.15, 0.2) is 5.65 Å². The summed E-state index contributed by atoms with van der Waals surface area (Å²) in [6.07, 6.45) is 6.31. The minimum atomic E-state index is -0.392. The summed E-state index contributed by atoms with van der Waals surface area (Å²) in [6, 6.07) is 8.79. The Labute approximate surface area is 148 Å². The quantitative estimate of drug-likeness (QED) is 0.558. The van der Waals surface area contributed by atoms with Crippen LogP contribution in [0.1, 0.15) is 17.3 Å². The second-order valence-corrected chi connectivity index (χ2v) is 5.64. The maximum Gasteiger partial charge on any atom is 0.262 e. The summed E-state index contributed by atoms with van der Waals surface area (Å²) in [5, 5.41) is 7.29. The second kappa shape index (κ2) is 7.14. The first-order chi connectivity index (χ1) is 12.0. The van der Waals surface area contributed by atoms with Crippen LogP contribution in [0.2, 0.25) is 5.02 Å². The Morgan fingerprint density at radius 2 is 2.16 bits per heavy atom. The zero-order valence-corrected chi connectivity index (χ0v) is 14.1. The number of benzene rings is 1. The van der Waals surface area contributed by atoms with Crippen LogP contribution in [0.4, 0.5) is 5.69 Å². The number of allylic oxidation sites excluding steroid dienone is 1. The Balaban J connectivity index is 1.94. The number of nitrogens with zero attached hydrogens (tertiary/aromatic N) is 4. The van der Waals surface area contributed by atoms with Crippen molar-refractivity contribution in [1.29, 1.82) is 0 Å². The Hall–Kier alpha value is -3.19. The minimum absolute atomic E-state index is 0.272. The number of amidine groups is 1. The lowest BCUT2D eigenvalue weighted by atomic mass is 10.3. The molecular weight excluding hydrogens is 340 g/mol. The summed E-state index contributed by atoms with van der Waals surface area (Å²) in [7, 11) is 0. The van der Waals surface area contributed by atoms with Gasteiger partial charge in [-0.1, -0.05) is 23.7 Å². The van der Waals surface area contributed by atoms with Crippen LogP contribution in [0.25, 0.3) is 5.65 Å². The van der Waals surface area contributed by atoms with Crippen molar-refractivity contribution in [3.8, 4) is 0 Å². The Bertz CT molecular complexity index is 987. The van der Waals surface area contributed by atoms with E-state index in [-0.39, 0.29) is 5.84 Å². The van der Waals surface area contributed by atoms with Gasteiger partial charge in [0.05, 0.1) is 16.9 Å². The van der Waals surface area contributed by atoms with Crippen molar-refractivity contribution in [3.63, 3.8) is 0 Å². The van der Waals surface area contributed by atoms with E-state index in [0.29, 0.717) is 27.6 Å². The average molecular weight is 355 g/mol. The second-order valence-electron chi connectivity index (χ2n) is 5.24. The first kappa shape index (κ1) is 16.7. The molecule has 2 heterocycles. The van der Waals surface area contributed by atoms with Crippen molar-refractivity contribution >= 4 is 34.7 Å². The number of rotatable bonds is 3. The molecule has 0 fully saturated rings. The zero-order valence-electron chi connectivity index (χ0n) is 13.3. The van der Waals surface area contributed by atoms with Gasteiger partial charge in [-0.2, -0.15) is 5.10 Å². The molecule has 0 spiro atoms. The van der Waals surface area contributed by atoms with Gasteiger partial charge in [0, 0.05) is 18.1 Å². The predicted molar refractivity (Wildman–Crippen MR) is 96.9 cm³/mol. The van der Waals surface area contributed by atoms with E-state index in [1.165, 1.54) is 10.7 Å². The van der Waals surface area contributed by atoms with Gasteiger partial charge in [-0.05, 0) is 31.2 Å². The highest BCUT2D eigenvalue weighted by molar-refractivity contribution is 6.33.